The Kier molecular flexibility index (Phi) is 6.09. The van der Waals surface area contributed by atoms with E-state index in [1.165, 1.54) is 11.8 Å². The topological polar surface area (TPSA) is 80.1 Å². The zero-order valence-corrected chi connectivity index (χ0v) is 15.7. The van der Waals surface area contributed by atoms with Crippen molar-refractivity contribution in [2.75, 3.05) is 25.4 Å². The first-order valence-corrected chi connectivity index (χ1v) is 10.2. The maximum Gasteiger partial charge on any atom is 0.241 e. The number of thioether (sulfide) groups is 1. The van der Waals surface area contributed by atoms with Gasteiger partial charge in [-0.3, -0.25) is 9.59 Å². The van der Waals surface area contributed by atoms with Gasteiger partial charge in [0.05, 0.1) is 17.2 Å². The van der Waals surface area contributed by atoms with Gasteiger partial charge in [0.2, 0.25) is 11.8 Å². The molecule has 1 fully saturated rings. The van der Waals surface area contributed by atoms with Crippen molar-refractivity contribution in [1.29, 1.82) is 0 Å². The number of carbonyl (C=O) groups is 2. The second-order valence-corrected chi connectivity index (χ2v) is 7.57. The minimum atomic E-state index is -0.166. The van der Waals surface area contributed by atoms with E-state index in [0.717, 1.165) is 43.2 Å². The lowest BCUT2D eigenvalue weighted by atomic mass is 10.4. The van der Waals surface area contributed by atoms with Crippen molar-refractivity contribution in [1.82, 2.24) is 25.0 Å². The van der Waals surface area contributed by atoms with E-state index in [4.69, 9.17) is 0 Å². The molecule has 134 valence electrons. The smallest absolute Gasteiger partial charge is 0.241 e. The van der Waals surface area contributed by atoms with E-state index in [9.17, 15) is 9.59 Å². The number of hydrogen-bond donors (Lipinski definition) is 1. The van der Waals surface area contributed by atoms with Crippen molar-refractivity contribution in [2.45, 2.75) is 31.5 Å². The molecule has 0 aromatic carbocycles. The number of thiophene rings is 1. The van der Waals surface area contributed by atoms with Gasteiger partial charge in [0.1, 0.15) is 0 Å². The van der Waals surface area contributed by atoms with Crippen molar-refractivity contribution >= 4 is 34.9 Å². The third kappa shape index (κ3) is 4.40. The maximum absolute atomic E-state index is 12.0. The van der Waals surface area contributed by atoms with Gasteiger partial charge in [-0.05, 0) is 31.2 Å². The number of nitrogens with zero attached hydrogens (tertiary/aromatic N) is 4. The molecule has 1 aliphatic heterocycles. The van der Waals surface area contributed by atoms with Gasteiger partial charge >= 0.3 is 0 Å². The summed E-state index contributed by atoms with van der Waals surface area (Å²) >= 11 is 2.95. The Labute approximate surface area is 154 Å². The number of nitrogens with one attached hydrogen (secondary N) is 1. The van der Waals surface area contributed by atoms with Crippen LogP contribution in [0.5, 0.6) is 0 Å². The molecule has 7 nitrogen and oxygen atoms in total. The molecule has 1 saturated heterocycles. The molecule has 0 unspecified atom stereocenters. The largest absolute Gasteiger partial charge is 0.346 e. The molecular weight excluding hydrogens is 358 g/mol. The Morgan fingerprint density at radius 2 is 2.12 bits per heavy atom. The van der Waals surface area contributed by atoms with E-state index in [1.807, 2.05) is 29.0 Å². The van der Waals surface area contributed by atoms with Crippen molar-refractivity contribution < 1.29 is 9.59 Å². The molecule has 1 N–H and O–H groups in total. The summed E-state index contributed by atoms with van der Waals surface area (Å²) in [5.41, 5.74) is 0. The van der Waals surface area contributed by atoms with Crippen molar-refractivity contribution in [3.8, 4) is 10.7 Å². The normalized spacial score (nSPS) is 14.0. The van der Waals surface area contributed by atoms with Crippen molar-refractivity contribution in [3.63, 3.8) is 0 Å². The average molecular weight is 380 g/mol. The number of aromatic nitrogens is 3. The highest BCUT2D eigenvalue weighted by molar-refractivity contribution is 7.99. The summed E-state index contributed by atoms with van der Waals surface area (Å²) < 4.78 is 2.00. The van der Waals surface area contributed by atoms with Crippen LogP contribution in [-0.2, 0) is 16.1 Å². The Morgan fingerprint density at radius 3 is 2.80 bits per heavy atom. The fourth-order valence-electron chi connectivity index (χ4n) is 2.70. The van der Waals surface area contributed by atoms with E-state index in [1.54, 1.807) is 16.2 Å². The molecular formula is C16H21N5O2S2. The van der Waals surface area contributed by atoms with Crippen LogP contribution in [0.3, 0.4) is 0 Å². The molecule has 25 heavy (non-hydrogen) atoms. The lowest BCUT2D eigenvalue weighted by Crippen LogP contribution is -2.39. The number of likely N-dealkylation sites (tertiary alicyclic amines) is 1. The quantitative estimate of drug-likeness (QED) is 0.743. The molecule has 2 amide bonds. The standard InChI is InChI=1S/C16H21N5O2S2/c1-2-21-15(12-6-5-9-24-12)18-19-16(21)25-11-13(22)17-10-14(23)20-7-3-4-8-20/h5-6,9H,2-4,7-8,10-11H2,1H3,(H,17,22). The van der Waals surface area contributed by atoms with Crippen LogP contribution in [0.2, 0.25) is 0 Å². The Balaban J connectivity index is 1.51. The molecule has 0 saturated carbocycles. The van der Waals surface area contributed by atoms with Gasteiger partial charge in [0.25, 0.3) is 0 Å². The van der Waals surface area contributed by atoms with Gasteiger partial charge in [-0.25, -0.2) is 0 Å². The van der Waals surface area contributed by atoms with Gasteiger partial charge in [-0.2, -0.15) is 0 Å². The SMILES string of the molecule is CCn1c(SCC(=O)NCC(=O)N2CCCC2)nnc1-c1cccs1. The highest BCUT2D eigenvalue weighted by atomic mass is 32.2. The van der Waals surface area contributed by atoms with Gasteiger partial charge in [0.15, 0.2) is 11.0 Å². The number of amides is 2. The van der Waals surface area contributed by atoms with E-state index in [2.05, 4.69) is 15.5 Å². The van der Waals surface area contributed by atoms with Crippen LogP contribution in [-0.4, -0.2) is 56.9 Å². The van der Waals surface area contributed by atoms with Crippen LogP contribution in [0.25, 0.3) is 10.7 Å². The Morgan fingerprint density at radius 1 is 1.32 bits per heavy atom. The Bertz CT molecular complexity index is 723. The summed E-state index contributed by atoms with van der Waals surface area (Å²) in [5, 5.41) is 13.9. The zero-order valence-electron chi connectivity index (χ0n) is 14.1. The van der Waals surface area contributed by atoms with Crippen molar-refractivity contribution in [2.24, 2.45) is 0 Å². The third-order valence-electron chi connectivity index (χ3n) is 4.00. The predicted molar refractivity (Wildman–Crippen MR) is 98.6 cm³/mol. The van der Waals surface area contributed by atoms with E-state index in [-0.39, 0.29) is 24.1 Å². The zero-order chi connectivity index (χ0) is 17.6. The molecule has 0 bridgehead atoms. The monoisotopic (exact) mass is 379 g/mol. The lowest BCUT2D eigenvalue weighted by Gasteiger charge is -2.15. The van der Waals surface area contributed by atoms with Crippen molar-refractivity contribution in [3.05, 3.63) is 17.5 Å². The fourth-order valence-corrected chi connectivity index (χ4v) is 4.25. The van der Waals surface area contributed by atoms with E-state index >= 15 is 0 Å². The summed E-state index contributed by atoms with van der Waals surface area (Å²) in [6.07, 6.45) is 2.10. The highest BCUT2D eigenvalue weighted by Crippen LogP contribution is 2.26. The van der Waals surface area contributed by atoms with Crippen LogP contribution < -0.4 is 5.32 Å². The van der Waals surface area contributed by atoms with Gasteiger partial charge < -0.3 is 14.8 Å². The second kappa shape index (κ2) is 8.48. The molecule has 3 heterocycles. The predicted octanol–water partition coefficient (Wildman–Crippen LogP) is 1.86. The number of hydrogen-bond acceptors (Lipinski definition) is 6. The van der Waals surface area contributed by atoms with E-state index < -0.39 is 0 Å². The average Bonchev–Trinajstić information content (AvgIpc) is 3.38. The minimum absolute atomic E-state index is 0.00689. The van der Waals surface area contributed by atoms with Crippen LogP contribution in [0.4, 0.5) is 0 Å². The van der Waals surface area contributed by atoms with Crippen LogP contribution in [0.1, 0.15) is 19.8 Å². The molecule has 2 aromatic rings. The molecule has 3 rings (SSSR count). The highest BCUT2D eigenvalue weighted by Gasteiger charge is 2.19. The lowest BCUT2D eigenvalue weighted by molar-refractivity contribution is -0.131. The minimum Gasteiger partial charge on any atom is -0.346 e. The third-order valence-corrected chi connectivity index (χ3v) is 5.84. The number of rotatable bonds is 7. The van der Waals surface area contributed by atoms with E-state index in [0.29, 0.717) is 5.16 Å². The summed E-state index contributed by atoms with van der Waals surface area (Å²) in [4.78, 5) is 26.8. The Hall–Kier alpha value is -1.87. The first kappa shape index (κ1) is 17.9. The molecule has 0 spiro atoms. The molecule has 9 heteroatoms. The molecule has 0 radical (unpaired) electrons. The summed E-state index contributed by atoms with van der Waals surface area (Å²) in [6, 6.07) is 3.98. The summed E-state index contributed by atoms with van der Waals surface area (Å²) in [7, 11) is 0. The van der Waals surface area contributed by atoms with Gasteiger partial charge in [-0.1, -0.05) is 17.8 Å². The first-order valence-electron chi connectivity index (χ1n) is 8.33. The molecule has 1 aliphatic rings. The number of carbonyl (C=O) groups excluding carboxylic acids is 2. The summed E-state index contributed by atoms with van der Waals surface area (Å²) in [5.74, 6) is 0.869. The molecule has 0 aliphatic carbocycles. The van der Waals surface area contributed by atoms with Gasteiger partial charge in [0, 0.05) is 19.6 Å². The first-order chi connectivity index (χ1) is 12.2. The van der Waals surface area contributed by atoms with Crippen LogP contribution in [0, 0.1) is 0 Å². The fraction of sp³-hybridized carbons (Fsp3) is 0.500. The van der Waals surface area contributed by atoms with Gasteiger partial charge in [-0.15, -0.1) is 21.5 Å². The molecule has 2 aromatic heterocycles. The maximum atomic E-state index is 12.0. The van der Waals surface area contributed by atoms with Crippen LogP contribution in [0.15, 0.2) is 22.7 Å². The second-order valence-electron chi connectivity index (χ2n) is 5.68. The molecule has 0 atom stereocenters. The summed E-state index contributed by atoms with van der Waals surface area (Å²) in [6.45, 7) is 4.43. The van der Waals surface area contributed by atoms with Crippen LogP contribution >= 0.6 is 23.1 Å².